The third kappa shape index (κ3) is 2.58. The molecule has 2 aromatic rings. The summed E-state index contributed by atoms with van der Waals surface area (Å²) in [6.45, 7) is 3.35. The lowest BCUT2D eigenvalue weighted by Crippen LogP contribution is -2.37. The number of hydrogen-bond donors (Lipinski definition) is 2. The quantitative estimate of drug-likeness (QED) is 0.839. The first-order chi connectivity index (χ1) is 9.63. The molecule has 1 aliphatic rings. The zero-order valence-corrected chi connectivity index (χ0v) is 12.3. The number of fused-ring (bicyclic) bond motifs is 1. The van der Waals surface area contributed by atoms with Gasteiger partial charge < -0.3 is 15.5 Å². The average Bonchev–Trinajstić information content (AvgIpc) is 2.85. The van der Waals surface area contributed by atoms with E-state index in [4.69, 9.17) is 5.73 Å². The minimum Gasteiger partial charge on any atom is -0.397 e. The zero-order valence-electron chi connectivity index (χ0n) is 12.3. The second-order valence-electron chi connectivity index (χ2n) is 6.06. The number of aromatic amines is 1. The number of H-pyrrole nitrogens is 1. The van der Waals surface area contributed by atoms with Crippen molar-refractivity contribution >= 4 is 22.3 Å². The predicted molar refractivity (Wildman–Crippen MR) is 84.0 cm³/mol. The number of nitrogen functional groups attached to an aromatic ring is 1. The fourth-order valence-corrected chi connectivity index (χ4v) is 3.14. The van der Waals surface area contributed by atoms with E-state index in [0.717, 1.165) is 41.3 Å². The van der Waals surface area contributed by atoms with E-state index in [9.17, 15) is 0 Å². The minimum atomic E-state index is 0.804. The van der Waals surface area contributed by atoms with Gasteiger partial charge in [0, 0.05) is 25.0 Å². The number of nitrogens with zero attached hydrogens (tertiary/aromatic N) is 3. The van der Waals surface area contributed by atoms with Crippen molar-refractivity contribution in [3.05, 3.63) is 18.3 Å². The molecule has 1 saturated heterocycles. The Balaban J connectivity index is 1.74. The molecule has 3 rings (SSSR count). The van der Waals surface area contributed by atoms with Crippen LogP contribution in [0.15, 0.2) is 18.3 Å². The molecule has 3 N–H and O–H groups in total. The van der Waals surface area contributed by atoms with Crippen LogP contribution in [-0.2, 0) is 0 Å². The number of nitrogens with two attached hydrogens (primary N) is 1. The highest BCUT2D eigenvalue weighted by molar-refractivity contribution is 5.88. The summed E-state index contributed by atoms with van der Waals surface area (Å²) in [6.07, 6.45) is 4.29. The monoisotopic (exact) mass is 273 g/mol. The smallest absolute Gasteiger partial charge is 0.0672 e. The number of piperidine rings is 1. The van der Waals surface area contributed by atoms with Crippen LogP contribution in [0.3, 0.4) is 0 Å². The Morgan fingerprint density at radius 1 is 1.35 bits per heavy atom. The van der Waals surface area contributed by atoms with Gasteiger partial charge in [0.05, 0.1) is 23.1 Å². The molecule has 0 unspecified atom stereocenters. The van der Waals surface area contributed by atoms with Crippen LogP contribution in [0.1, 0.15) is 12.8 Å². The molecule has 0 spiro atoms. The summed E-state index contributed by atoms with van der Waals surface area (Å²) in [7, 11) is 4.30. The van der Waals surface area contributed by atoms with Crippen molar-refractivity contribution in [3.8, 4) is 0 Å². The van der Waals surface area contributed by atoms with E-state index in [0.29, 0.717) is 0 Å². The van der Waals surface area contributed by atoms with E-state index in [1.54, 1.807) is 0 Å². The van der Waals surface area contributed by atoms with E-state index < -0.39 is 0 Å². The van der Waals surface area contributed by atoms with Gasteiger partial charge in [-0.2, -0.15) is 5.10 Å². The van der Waals surface area contributed by atoms with Gasteiger partial charge in [0.2, 0.25) is 0 Å². The van der Waals surface area contributed by atoms with Gasteiger partial charge in [-0.1, -0.05) is 0 Å². The highest BCUT2D eigenvalue weighted by Crippen LogP contribution is 2.31. The molecular formula is C15H23N5. The number of hydrogen-bond acceptors (Lipinski definition) is 4. The normalized spacial score (nSPS) is 17.2. The molecule has 0 atom stereocenters. The average molecular weight is 273 g/mol. The Morgan fingerprint density at radius 3 is 2.80 bits per heavy atom. The first kappa shape index (κ1) is 13.2. The van der Waals surface area contributed by atoms with Crippen molar-refractivity contribution in [1.82, 2.24) is 15.1 Å². The summed E-state index contributed by atoms with van der Waals surface area (Å²) < 4.78 is 0. The summed E-state index contributed by atoms with van der Waals surface area (Å²) in [5.74, 6) is 0.804. The van der Waals surface area contributed by atoms with Crippen LogP contribution in [0, 0.1) is 5.92 Å². The highest BCUT2D eigenvalue weighted by Gasteiger charge is 2.21. The molecule has 2 heterocycles. The third-order valence-electron chi connectivity index (χ3n) is 4.17. The molecular weight excluding hydrogens is 250 g/mol. The maximum Gasteiger partial charge on any atom is 0.0672 e. The van der Waals surface area contributed by atoms with E-state index >= 15 is 0 Å². The number of anilines is 2. The lowest BCUT2D eigenvalue weighted by Gasteiger charge is -2.35. The fraction of sp³-hybridized carbons (Fsp3) is 0.533. The standard InChI is InChI=1S/C15H23N5/c1-19(2)10-11-3-5-20(6-4-11)15-8-14-12(7-13(15)16)9-17-18-14/h7-9,11H,3-6,10,16H2,1-2H3,(H,17,18). The Bertz CT molecular complexity index is 581. The molecule has 1 aromatic carbocycles. The molecule has 5 nitrogen and oxygen atoms in total. The third-order valence-corrected chi connectivity index (χ3v) is 4.17. The van der Waals surface area contributed by atoms with Crippen LogP contribution >= 0.6 is 0 Å². The van der Waals surface area contributed by atoms with Crippen LogP contribution in [0.5, 0.6) is 0 Å². The fourth-order valence-electron chi connectivity index (χ4n) is 3.14. The van der Waals surface area contributed by atoms with Crippen LogP contribution in [0.25, 0.3) is 10.9 Å². The van der Waals surface area contributed by atoms with E-state index in [-0.39, 0.29) is 0 Å². The molecule has 1 aliphatic heterocycles. The molecule has 5 heteroatoms. The van der Waals surface area contributed by atoms with Gasteiger partial charge in [0.25, 0.3) is 0 Å². The highest BCUT2D eigenvalue weighted by atomic mass is 15.2. The molecule has 0 bridgehead atoms. The van der Waals surface area contributed by atoms with Crippen molar-refractivity contribution in [2.75, 3.05) is 44.4 Å². The number of aromatic nitrogens is 2. The van der Waals surface area contributed by atoms with Gasteiger partial charge in [0.1, 0.15) is 0 Å². The maximum absolute atomic E-state index is 6.20. The van der Waals surface area contributed by atoms with E-state index in [2.05, 4.69) is 40.2 Å². The Morgan fingerprint density at radius 2 is 2.10 bits per heavy atom. The van der Waals surface area contributed by atoms with Crippen molar-refractivity contribution in [3.63, 3.8) is 0 Å². The van der Waals surface area contributed by atoms with Gasteiger partial charge in [-0.15, -0.1) is 0 Å². The van der Waals surface area contributed by atoms with Gasteiger partial charge in [0.15, 0.2) is 0 Å². The SMILES string of the molecule is CN(C)CC1CCN(c2cc3[nH]ncc3cc2N)CC1. The second-order valence-corrected chi connectivity index (χ2v) is 6.06. The van der Waals surface area contributed by atoms with Crippen LogP contribution in [-0.4, -0.2) is 48.8 Å². The molecule has 20 heavy (non-hydrogen) atoms. The molecule has 0 saturated carbocycles. The topological polar surface area (TPSA) is 61.2 Å². The summed E-state index contributed by atoms with van der Waals surface area (Å²) in [5, 5.41) is 8.17. The number of nitrogens with one attached hydrogen (secondary N) is 1. The molecule has 108 valence electrons. The van der Waals surface area contributed by atoms with Crippen LogP contribution in [0.2, 0.25) is 0 Å². The second kappa shape index (κ2) is 5.32. The summed E-state index contributed by atoms with van der Waals surface area (Å²) >= 11 is 0. The van der Waals surface area contributed by atoms with Crippen molar-refractivity contribution < 1.29 is 0 Å². The summed E-state index contributed by atoms with van der Waals surface area (Å²) in [6, 6.07) is 4.14. The first-order valence-corrected chi connectivity index (χ1v) is 7.26. The van der Waals surface area contributed by atoms with Crippen molar-refractivity contribution in [2.45, 2.75) is 12.8 Å². The molecule has 1 aromatic heterocycles. The number of benzene rings is 1. The van der Waals surface area contributed by atoms with Gasteiger partial charge in [-0.3, -0.25) is 5.10 Å². The van der Waals surface area contributed by atoms with Gasteiger partial charge >= 0.3 is 0 Å². The molecule has 0 amide bonds. The largest absolute Gasteiger partial charge is 0.397 e. The predicted octanol–water partition coefficient (Wildman–Crippen LogP) is 1.92. The summed E-state index contributed by atoms with van der Waals surface area (Å²) in [5.41, 5.74) is 9.26. The maximum atomic E-state index is 6.20. The molecule has 0 aliphatic carbocycles. The minimum absolute atomic E-state index is 0.804. The number of rotatable bonds is 3. The lowest BCUT2D eigenvalue weighted by molar-refractivity contribution is 0.285. The lowest BCUT2D eigenvalue weighted by atomic mass is 9.96. The van der Waals surface area contributed by atoms with E-state index in [1.165, 1.54) is 19.4 Å². The van der Waals surface area contributed by atoms with Gasteiger partial charge in [-0.05, 0) is 45.0 Å². The molecule has 1 fully saturated rings. The molecule has 0 radical (unpaired) electrons. The van der Waals surface area contributed by atoms with Crippen LogP contribution < -0.4 is 10.6 Å². The van der Waals surface area contributed by atoms with Crippen molar-refractivity contribution in [1.29, 1.82) is 0 Å². The Hall–Kier alpha value is -1.75. The van der Waals surface area contributed by atoms with E-state index in [1.807, 2.05) is 12.3 Å². The summed E-state index contributed by atoms with van der Waals surface area (Å²) in [4.78, 5) is 4.69. The first-order valence-electron chi connectivity index (χ1n) is 7.26. The van der Waals surface area contributed by atoms with Gasteiger partial charge in [-0.25, -0.2) is 0 Å². The van der Waals surface area contributed by atoms with Crippen molar-refractivity contribution in [2.24, 2.45) is 5.92 Å². The Kier molecular flexibility index (Phi) is 3.53. The Labute approximate surface area is 119 Å². The zero-order chi connectivity index (χ0) is 14.1. The van der Waals surface area contributed by atoms with Crippen LogP contribution in [0.4, 0.5) is 11.4 Å².